The Labute approximate surface area is 245 Å². The summed E-state index contributed by atoms with van der Waals surface area (Å²) in [6, 6.07) is 32.8. The molecule has 8 heteroatoms. The van der Waals surface area contributed by atoms with Crippen molar-refractivity contribution in [2.45, 2.75) is 27.9 Å². The van der Waals surface area contributed by atoms with Gasteiger partial charge in [0.05, 0.1) is 7.11 Å². The first-order valence-corrected chi connectivity index (χ1v) is 15.0. The number of furan rings is 2. The van der Waals surface area contributed by atoms with Crippen molar-refractivity contribution in [2.24, 2.45) is 0 Å². The molecule has 0 fully saturated rings. The van der Waals surface area contributed by atoms with Crippen LogP contribution in [-0.2, 0) is 13.2 Å². The maximum Gasteiger partial charge on any atom is 0.203 e. The predicted molar refractivity (Wildman–Crippen MR) is 161 cm³/mol. The third kappa shape index (κ3) is 6.47. The molecular formula is C29H24I2O5S. The summed E-state index contributed by atoms with van der Waals surface area (Å²) in [7, 11) is 0.740. The van der Waals surface area contributed by atoms with Crippen molar-refractivity contribution in [3.63, 3.8) is 0 Å². The fourth-order valence-electron chi connectivity index (χ4n) is 3.87. The summed E-state index contributed by atoms with van der Waals surface area (Å²) in [4.78, 5) is 3.54. The van der Waals surface area contributed by atoms with Crippen LogP contribution < -0.4 is 14.2 Å². The number of rotatable bonds is 10. The molecule has 0 spiro atoms. The van der Waals surface area contributed by atoms with Gasteiger partial charge in [-0.25, -0.2) is 0 Å². The minimum atomic E-state index is -0.882. The first kappa shape index (κ1) is 26.1. The van der Waals surface area contributed by atoms with Crippen LogP contribution in [-0.4, -0.2) is 7.11 Å². The van der Waals surface area contributed by atoms with Crippen molar-refractivity contribution in [3.05, 3.63) is 116 Å². The van der Waals surface area contributed by atoms with Crippen molar-refractivity contribution in [1.29, 1.82) is 0 Å². The minimum absolute atomic E-state index is 0.271. The summed E-state index contributed by atoms with van der Waals surface area (Å²) in [5.74, 6) is 3.18. The molecule has 5 aromatic rings. The fraction of sp³-hybridized carbons (Fsp3) is 0.103. The van der Waals surface area contributed by atoms with Crippen molar-refractivity contribution < 1.29 is 23.0 Å². The molecule has 0 bridgehead atoms. The molecule has 3 aromatic carbocycles. The third-order valence-electron chi connectivity index (χ3n) is 5.49. The molecule has 190 valence electrons. The lowest BCUT2D eigenvalue weighted by Crippen LogP contribution is -2.02. The average molecular weight is 738 g/mol. The van der Waals surface area contributed by atoms with E-state index in [-0.39, 0.29) is 13.2 Å². The van der Waals surface area contributed by atoms with Crippen molar-refractivity contribution in [1.82, 2.24) is 0 Å². The van der Waals surface area contributed by atoms with Crippen molar-refractivity contribution >= 4 is 56.1 Å². The van der Waals surface area contributed by atoms with E-state index in [1.54, 1.807) is 7.11 Å². The van der Waals surface area contributed by atoms with Crippen LogP contribution in [0.2, 0.25) is 0 Å². The van der Waals surface area contributed by atoms with E-state index in [1.165, 1.54) is 9.79 Å². The second-order valence-electron chi connectivity index (χ2n) is 7.97. The van der Waals surface area contributed by atoms with Gasteiger partial charge in [-0.3, -0.25) is 0 Å². The summed E-state index contributed by atoms with van der Waals surface area (Å²) in [5, 5.41) is 0. The van der Waals surface area contributed by atoms with Crippen LogP contribution in [0.25, 0.3) is 0 Å². The van der Waals surface area contributed by atoms with Crippen LogP contribution in [0.4, 0.5) is 0 Å². The Morgan fingerprint density at radius 2 is 1.08 bits per heavy atom. The average Bonchev–Trinajstić information content (AvgIpc) is 3.54. The SMILES string of the molecule is COc1c(OCc2ccc(I)o2)cc([SH](c2ccccc2)c2ccccc2)cc1OCc1ccc(I)o1. The van der Waals surface area contributed by atoms with E-state index in [2.05, 4.69) is 106 Å². The second-order valence-corrected chi connectivity index (χ2v) is 12.3. The first-order valence-electron chi connectivity index (χ1n) is 11.5. The molecule has 0 N–H and O–H groups in total. The molecule has 0 aliphatic carbocycles. The van der Waals surface area contributed by atoms with Crippen LogP contribution >= 0.6 is 56.1 Å². The summed E-state index contributed by atoms with van der Waals surface area (Å²) in [6.45, 7) is 0.542. The molecule has 0 saturated carbocycles. The zero-order valence-electron chi connectivity index (χ0n) is 19.9. The Morgan fingerprint density at radius 3 is 1.46 bits per heavy atom. The summed E-state index contributed by atoms with van der Waals surface area (Å²) >= 11 is 4.29. The number of thiol groups is 1. The number of halogens is 2. The lowest BCUT2D eigenvalue weighted by atomic mass is 10.3. The molecule has 0 saturated heterocycles. The molecule has 2 heterocycles. The topological polar surface area (TPSA) is 54.0 Å². The quantitative estimate of drug-likeness (QED) is 0.115. The molecular weight excluding hydrogens is 714 g/mol. The highest BCUT2D eigenvalue weighted by Crippen LogP contribution is 2.55. The van der Waals surface area contributed by atoms with Gasteiger partial charge in [0.2, 0.25) is 5.75 Å². The largest absolute Gasteiger partial charge is 0.490 e. The fourth-order valence-corrected chi connectivity index (χ4v) is 7.12. The van der Waals surface area contributed by atoms with Crippen LogP contribution in [0, 0.1) is 7.53 Å². The normalized spacial score (nSPS) is 11.3. The molecule has 0 unspecified atom stereocenters. The lowest BCUT2D eigenvalue weighted by Gasteiger charge is -2.25. The Balaban J connectivity index is 1.58. The Morgan fingerprint density at radius 1 is 0.622 bits per heavy atom. The van der Waals surface area contributed by atoms with E-state index in [0.29, 0.717) is 17.2 Å². The maximum absolute atomic E-state index is 6.27. The molecule has 2 aromatic heterocycles. The van der Waals surface area contributed by atoms with E-state index in [1.807, 2.05) is 36.4 Å². The van der Waals surface area contributed by atoms with Gasteiger partial charge in [-0.1, -0.05) is 36.4 Å². The van der Waals surface area contributed by atoms with Gasteiger partial charge in [-0.15, -0.1) is 0 Å². The molecule has 0 amide bonds. The molecule has 0 atom stereocenters. The molecule has 0 aliphatic rings. The summed E-state index contributed by atoms with van der Waals surface area (Å²) in [5.41, 5.74) is 0. The van der Waals surface area contributed by atoms with Gasteiger partial charge in [-0.05, 0) is 116 Å². The second kappa shape index (κ2) is 12.3. The van der Waals surface area contributed by atoms with Gasteiger partial charge in [0, 0.05) is 4.90 Å². The Hall–Kier alpha value is -2.57. The minimum Gasteiger partial charge on any atom is -0.490 e. The molecule has 5 nitrogen and oxygen atoms in total. The number of hydrogen-bond donors (Lipinski definition) is 1. The Bertz CT molecular complexity index is 1340. The third-order valence-corrected chi connectivity index (χ3v) is 9.06. The van der Waals surface area contributed by atoms with Gasteiger partial charge < -0.3 is 23.0 Å². The van der Waals surface area contributed by atoms with Crippen molar-refractivity contribution in [3.8, 4) is 17.2 Å². The van der Waals surface area contributed by atoms with Crippen LogP contribution in [0.3, 0.4) is 0 Å². The smallest absolute Gasteiger partial charge is 0.203 e. The van der Waals surface area contributed by atoms with Crippen LogP contribution in [0.5, 0.6) is 17.2 Å². The number of benzene rings is 3. The van der Waals surface area contributed by atoms with Gasteiger partial charge >= 0.3 is 0 Å². The number of hydrogen-bond acceptors (Lipinski definition) is 5. The van der Waals surface area contributed by atoms with Crippen LogP contribution in [0.1, 0.15) is 11.5 Å². The lowest BCUT2D eigenvalue weighted by molar-refractivity contribution is 0.231. The van der Waals surface area contributed by atoms with E-state index in [9.17, 15) is 0 Å². The highest BCUT2D eigenvalue weighted by atomic mass is 127. The summed E-state index contributed by atoms with van der Waals surface area (Å²) < 4.78 is 31.4. The van der Waals surface area contributed by atoms with Crippen molar-refractivity contribution in [2.75, 3.05) is 7.11 Å². The maximum atomic E-state index is 6.27. The van der Waals surface area contributed by atoms with E-state index in [4.69, 9.17) is 23.0 Å². The van der Waals surface area contributed by atoms with Gasteiger partial charge in [-0.2, -0.15) is 10.9 Å². The molecule has 0 aliphatic heterocycles. The zero-order chi connectivity index (χ0) is 25.6. The van der Waals surface area contributed by atoms with Crippen LogP contribution in [0.15, 0.2) is 121 Å². The highest BCUT2D eigenvalue weighted by Gasteiger charge is 2.21. The highest BCUT2D eigenvalue weighted by molar-refractivity contribution is 14.1. The predicted octanol–water partition coefficient (Wildman–Crippen LogP) is 8.73. The number of methoxy groups -OCH3 is 1. The van der Waals surface area contributed by atoms with Gasteiger partial charge in [0.15, 0.2) is 19.0 Å². The van der Waals surface area contributed by atoms with Gasteiger partial charge in [0.1, 0.15) is 24.7 Å². The zero-order valence-corrected chi connectivity index (χ0v) is 25.1. The number of ether oxygens (including phenoxy) is 3. The first-order chi connectivity index (χ1) is 18.1. The molecule has 5 rings (SSSR count). The standard InChI is InChI=1S/C29H24I2O5S/c1-32-29-25(33-18-20-12-14-27(30)35-20)16-24(17-26(29)34-19-21-13-15-28(31)36-21)37(22-8-4-2-5-9-22)23-10-6-3-7-11-23/h2-17,37H,18-19H2,1H3. The van der Waals surface area contributed by atoms with E-state index >= 15 is 0 Å². The molecule has 0 radical (unpaired) electrons. The van der Waals surface area contributed by atoms with Gasteiger partial charge in [0.25, 0.3) is 0 Å². The summed E-state index contributed by atoms with van der Waals surface area (Å²) in [6.07, 6.45) is 0. The molecule has 37 heavy (non-hydrogen) atoms. The van der Waals surface area contributed by atoms with E-state index in [0.717, 1.165) is 23.9 Å². The Kier molecular flexibility index (Phi) is 8.67. The van der Waals surface area contributed by atoms with E-state index < -0.39 is 10.9 Å². The monoisotopic (exact) mass is 738 g/mol.